The first-order valence-electron chi connectivity index (χ1n) is 11.4. The Kier molecular flexibility index (Phi) is 5.58. The monoisotopic (exact) mass is 429 g/mol. The van der Waals surface area contributed by atoms with E-state index in [1.807, 2.05) is 0 Å². The lowest BCUT2D eigenvalue weighted by Gasteiger charge is -2.27. The van der Waals surface area contributed by atoms with Crippen LogP contribution in [-0.4, -0.2) is 15.6 Å². The van der Waals surface area contributed by atoms with E-state index in [0.717, 1.165) is 23.3 Å². The maximum Gasteiger partial charge on any atom is 0.183 e. The van der Waals surface area contributed by atoms with E-state index in [9.17, 15) is 0 Å². The summed E-state index contributed by atoms with van der Waals surface area (Å²) in [6.45, 7) is 7.66. The molecule has 0 spiro atoms. The number of fused-ring (bicyclic) bond motifs is 1. The van der Waals surface area contributed by atoms with Gasteiger partial charge in [0.1, 0.15) is 0 Å². The van der Waals surface area contributed by atoms with Gasteiger partial charge in [0.05, 0.1) is 5.69 Å². The van der Waals surface area contributed by atoms with Crippen LogP contribution in [0.15, 0.2) is 53.9 Å². The predicted molar refractivity (Wildman–Crippen MR) is 133 cm³/mol. The Morgan fingerprint density at radius 1 is 1.10 bits per heavy atom. The first kappa shape index (κ1) is 20.3. The van der Waals surface area contributed by atoms with Gasteiger partial charge in [0.15, 0.2) is 5.13 Å². The average molecular weight is 430 g/mol. The van der Waals surface area contributed by atoms with Crippen LogP contribution in [0.1, 0.15) is 49.4 Å². The third-order valence-electron chi connectivity index (χ3n) is 6.69. The smallest absolute Gasteiger partial charge is 0.183 e. The van der Waals surface area contributed by atoms with Crippen LogP contribution in [-0.2, 0) is 6.54 Å². The Balaban J connectivity index is 1.52. The molecule has 1 aliphatic rings. The number of aryl methyl sites for hydroxylation is 1. The van der Waals surface area contributed by atoms with Crippen LogP contribution in [0.25, 0.3) is 22.2 Å². The molecule has 4 aromatic rings. The van der Waals surface area contributed by atoms with Gasteiger partial charge in [-0.05, 0) is 50.3 Å². The lowest BCUT2D eigenvalue weighted by molar-refractivity contribution is 0.358. The molecule has 0 bridgehead atoms. The molecule has 160 valence electrons. The zero-order chi connectivity index (χ0) is 21.4. The molecule has 31 heavy (non-hydrogen) atoms. The largest absolute Gasteiger partial charge is 0.359 e. The third kappa shape index (κ3) is 4.14. The van der Waals surface area contributed by atoms with E-state index >= 15 is 0 Å². The molecular formula is C27H31N3S. The summed E-state index contributed by atoms with van der Waals surface area (Å²) >= 11 is 1.74. The fourth-order valence-corrected chi connectivity index (χ4v) is 5.86. The fraction of sp³-hybridized carbons (Fsp3) is 0.370. The van der Waals surface area contributed by atoms with Crippen LogP contribution in [0.5, 0.6) is 0 Å². The zero-order valence-electron chi connectivity index (χ0n) is 18.7. The highest BCUT2D eigenvalue weighted by atomic mass is 32.1. The summed E-state index contributed by atoms with van der Waals surface area (Å²) in [4.78, 5) is 5.05. The lowest BCUT2D eigenvalue weighted by Crippen LogP contribution is -2.26. The van der Waals surface area contributed by atoms with Crippen molar-refractivity contribution in [1.29, 1.82) is 0 Å². The Labute approximate surface area is 189 Å². The van der Waals surface area contributed by atoms with Crippen LogP contribution in [0.3, 0.4) is 0 Å². The van der Waals surface area contributed by atoms with Crippen LogP contribution < -0.4 is 5.32 Å². The minimum absolute atomic E-state index is 0.561. The van der Waals surface area contributed by atoms with Gasteiger partial charge in [0.25, 0.3) is 0 Å². The molecule has 2 atom stereocenters. The quantitative estimate of drug-likeness (QED) is 0.358. The van der Waals surface area contributed by atoms with E-state index < -0.39 is 0 Å². The average Bonchev–Trinajstić information content (AvgIpc) is 3.31. The van der Waals surface area contributed by atoms with Gasteiger partial charge >= 0.3 is 0 Å². The van der Waals surface area contributed by atoms with Crippen LogP contribution in [0.4, 0.5) is 5.13 Å². The van der Waals surface area contributed by atoms with E-state index in [1.165, 1.54) is 59.0 Å². The second-order valence-corrected chi connectivity index (χ2v) is 10.1. The van der Waals surface area contributed by atoms with Crippen molar-refractivity contribution in [2.45, 2.75) is 59.0 Å². The predicted octanol–water partition coefficient (Wildman–Crippen LogP) is 7.42. The van der Waals surface area contributed by atoms with Crippen molar-refractivity contribution in [3.63, 3.8) is 0 Å². The highest BCUT2D eigenvalue weighted by molar-refractivity contribution is 7.14. The molecule has 4 heteroatoms. The number of anilines is 1. The van der Waals surface area contributed by atoms with Crippen molar-refractivity contribution in [1.82, 2.24) is 9.55 Å². The van der Waals surface area contributed by atoms with E-state index in [1.54, 1.807) is 11.3 Å². The topological polar surface area (TPSA) is 29.9 Å². The van der Waals surface area contributed by atoms with Gasteiger partial charge in [0.2, 0.25) is 0 Å². The van der Waals surface area contributed by atoms with Crippen molar-refractivity contribution >= 4 is 27.4 Å². The number of nitrogens with one attached hydrogen (secondary N) is 1. The standard InChI is InChI=1S/C27H31N3S/c1-18-8-7-11-22(14-18)28-27-29-24(17-31-27)26-20(3)30(16-21-9-5-4-6-10-21)25-13-12-19(2)15-23(25)26/h4-6,9-10,12-13,15,17-18,22H,7-8,11,14,16H2,1-3H3,(H,28,29). The molecule has 2 heterocycles. The van der Waals surface area contributed by atoms with E-state index in [0.29, 0.717) is 6.04 Å². The Morgan fingerprint density at radius 2 is 1.94 bits per heavy atom. The van der Waals surface area contributed by atoms with Gasteiger partial charge in [-0.3, -0.25) is 0 Å². The molecule has 3 nitrogen and oxygen atoms in total. The second-order valence-electron chi connectivity index (χ2n) is 9.20. The van der Waals surface area contributed by atoms with Gasteiger partial charge in [-0.2, -0.15) is 0 Å². The van der Waals surface area contributed by atoms with E-state index in [4.69, 9.17) is 4.98 Å². The summed E-state index contributed by atoms with van der Waals surface area (Å²) in [6.07, 6.45) is 5.20. The van der Waals surface area contributed by atoms with Gasteiger partial charge in [-0.1, -0.05) is 61.7 Å². The maximum absolute atomic E-state index is 5.05. The van der Waals surface area contributed by atoms with Crippen molar-refractivity contribution in [2.24, 2.45) is 5.92 Å². The number of thiazole rings is 1. The number of hydrogen-bond acceptors (Lipinski definition) is 3. The molecule has 1 saturated carbocycles. The van der Waals surface area contributed by atoms with E-state index in [2.05, 4.69) is 84.6 Å². The normalized spacial score (nSPS) is 19.1. The van der Waals surface area contributed by atoms with E-state index in [-0.39, 0.29) is 0 Å². The molecule has 5 rings (SSSR count). The molecule has 2 aromatic carbocycles. The highest BCUT2D eigenvalue weighted by Crippen LogP contribution is 2.37. The Morgan fingerprint density at radius 3 is 2.74 bits per heavy atom. The Bertz CT molecular complexity index is 1190. The molecule has 2 unspecified atom stereocenters. The number of hydrogen-bond donors (Lipinski definition) is 1. The summed E-state index contributed by atoms with van der Waals surface area (Å²) in [6, 6.07) is 18.1. The van der Waals surface area contributed by atoms with Crippen LogP contribution >= 0.6 is 11.3 Å². The SMILES string of the molecule is Cc1ccc2c(c1)c(-c1csc(NC3CCCC(C)C3)n1)c(C)n2Cc1ccccc1. The fourth-order valence-electron chi connectivity index (χ4n) is 5.08. The number of rotatable bonds is 5. The summed E-state index contributed by atoms with van der Waals surface area (Å²) in [5.74, 6) is 0.812. The van der Waals surface area contributed by atoms with Crippen molar-refractivity contribution in [3.05, 3.63) is 70.7 Å². The molecule has 0 radical (unpaired) electrons. The molecule has 1 fully saturated rings. The molecule has 2 aromatic heterocycles. The van der Waals surface area contributed by atoms with Gasteiger partial charge in [-0.25, -0.2) is 4.98 Å². The number of aromatic nitrogens is 2. The van der Waals surface area contributed by atoms with Gasteiger partial charge in [0, 0.05) is 40.1 Å². The van der Waals surface area contributed by atoms with Crippen LogP contribution in [0, 0.1) is 19.8 Å². The molecule has 0 saturated heterocycles. The van der Waals surface area contributed by atoms with Gasteiger partial charge in [-0.15, -0.1) is 11.3 Å². The van der Waals surface area contributed by atoms with Crippen molar-refractivity contribution in [3.8, 4) is 11.3 Å². The molecule has 1 aliphatic carbocycles. The molecular weight excluding hydrogens is 398 g/mol. The molecule has 0 amide bonds. The minimum atomic E-state index is 0.561. The highest BCUT2D eigenvalue weighted by Gasteiger charge is 2.21. The van der Waals surface area contributed by atoms with Crippen molar-refractivity contribution in [2.75, 3.05) is 5.32 Å². The Hall–Kier alpha value is -2.59. The van der Waals surface area contributed by atoms with Crippen molar-refractivity contribution < 1.29 is 0 Å². The third-order valence-corrected chi connectivity index (χ3v) is 7.46. The molecule has 0 aliphatic heterocycles. The summed E-state index contributed by atoms with van der Waals surface area (Å²) in [7, 11) is 0. The number of nitrogens with zero attached hydrogens (tertiary/aromatic N) is 2. The minimum Gasteiger partial charge on any atom is -0.359 e. The zero-order valence-corrected chi connectivity index (χ0v) is 19.5. The molecule has 1 N–H and O–H groups in total. The second kappa shape index (κ2) is 8.51. The number of benzene rings is 2. The first-order chi connectivity index (χ1) is 15.1. The summed E-state index contributed by atoms with van der Waals surface area (Å²) in [5.41, 5.74) is 7.54. The first-order valence-corrected chi connectivity index (χ1v) is 12.3. The maximum atomic E-state index is 5.05. The van der Waals surface area contributed by atoms with Gasteiger partial charge < -0.3 is 9.88 Å². The van der Waals surface area contributed by atoms with Crippen LogP contribution in [0.2, 0.25) is 0 Å². The summed E-state index contributed by atoms with van der Waals surface area (Å²) < 4.78 is 2.44. The summed E-state index contributed by atoms with van der Waals surface area (Å²) in [5, 5.41) is 8.32. The lowest BCUT2D eigenvalue weighted by atomic mass is 9.87.